The van der Waals surface area contributed by atoms with Gasteiger partial charge in [-0.15, -0.1) is 12.4 Å². The summed E-state index contributed by atoms with van der Waals surface area (Å²) in [7, 11) is 0. The van der Waals surface area contributed by atoms with Crippen LogP contribution in [-0.2, 0) is 9.53 Å². The minimum Gasteiger partial charge on any atom is -0.466 e. The summed E-state index contributed by atoms with van der Waals surface area (Å²) in [5.74, 6) is -0.410. The number of carbonyl (C=O) groups is 1. The quantitative estimate of drug-likeness (QED) is 0.820. The van der Waals surface area contributed by atoms with Gasteiger partial charge in [0.05, 0.1) is 13.0 Å². The van der Waals surface area contributed by atoms with Crippen LogP contribution >= 0.6 is 12.4 Å². The fraction of sp³-hybridized carbons (Fsp3) is 0.417. The van der Waals surface area contributed by atoms with E-state index in [9.17, 15) is 13.6 Å². The van der Waals surface area contributed by atoms with Crippen LogP contribution in [0, 0.1) is 0 Å². The molecule has 0 amide bonds. The molecule has 7 heteroatoms. The van der Waals surface area contributed by atoms with E-state index in [0.717, 1.165) is 0 Å². The van der Waals surface area contributed by atoms with Gasteiger partial charge in [0, 0.05) is 6.04 Å². The molecule has 0 saturated carbocycles. The zero-order valence-corrected chi connectivity index (χ0v) is 11.2. The summed E-state index contributed by atoms with van der Waals surface area (Å²) < 4.78 is 33.1. The Morgan fingerprint density at radius 1 is 1.42 bits per heavy atom. The molecule has 1 aromatic carbocycles. The average molecular weight is 296 g/mol. The summed E-state index contributed by atoms with van der Waals surface area (Å²) in [5, 5.41) is 0. The molecule has 1 atom stereocenters. The molecule has 1 aromatic rings. The van der Waals surface area contributed by atoms with E-state index in [0.29, 0.717) is 5.56 Å². The highest BCUT2D eigenvalue weighted by Gasteiger charge is 2.13. The number of hydrogen-bond acceptors (Lipinski definition) is 4. The summed E-state index contributed by atoms with van der Waals surface area (Å²) in [6.45, 7) is -0.915. The first kappa shape index (κ1) is 17.6. The molecule has 2 N–H and O–H groups in total. The number of carbonyl (C=O) groups excluding carboxylic acids is 1. The smallest absolute Gasteiger partial charge is 0.387 e. The van der Waals surface area contributed by atoms with Gasteiger partial charge in [-0.25, -0.2) is 0 Å². The zero-order valence-electron chi connectivity index (χ0n) is 10.3. The number of hydrogen-bond donors (Lipinski definition) is 1. The van der Waals surface area contributed by atoms with Gasteiger partial charge in [0.2, 0.25) is 0 Å². The van der Waals surface area contributed by atoms with E-state index in [4.69, 9.17) is 10.5 Å². The Balaban J connectivity index is 0.00000324. The number of halogens is 3. The van der Waals surface area contributed by atoms with Gasteiger partial charge in [-0.05, 0) is 24.6 Å². The summed E-state index contributed by atoms with van der Waals surface area (Å²) in [4.78, 5) is 11.2. The first-order valence-electron chi connectivity index (χ1n) is 5.49. The second-order valence-electron chi connectivity index (χ2n) is 3.57. The van der Waals surface area contributed by atoms with Crippen LogP contribution in [0.3, 0.4) is 0 Å². The van der Waals surface area contributed by atoms with E-state index in [2.05, 4.69) is 4.74 Å². The van der Waals surface area contributed by atoms with E-state index in [1.165, 1.54) is 18.2 Å². The Morgan fingerprint density at radius 2 is 2.11 bits per heavy atom. The number of alkyl halides is 2. The average Bonchev–Trinajstić information content (AvgIpc) is 2.28. The van der Waals surface area contributed by atoms with E-state index in [1.807, 2.05) is 0 Å². The molecule has 4 nitrogen and oxygen atoms in total. The van der Waals surface area contributed by atoms with Gasteiger partial charge in [0.25, 0.3) is 0 Å². The second kappa shape index (κ2) is 8.66. The van der Waals surface area contributed by atoms with E-state index >= 15 is 0 Å². The fourth-order valence-corrected chi connectivity index (χ4v) is 1.44. The van der Waals surface area contributed by atoms with Crippen LogP contribution in [-0.4, -0.2) is 19.2 Å². The monoisotopic (exact) mass is 295 g/mol. The van der Waals surface area contributed by atoms with Gasteiger partial charge < -0.3 is 15.2 Å². The highest BCUT2D eigenvalue weighted by Crippen LogP contribution is 2.21. The Kier molecular flexibility index (Phi) is 8.02. The number of rotatable bonds is 6. The first-order valence-corrected chi connectivity index (χ1v) is 5.49. The van der Waals surface area contributed by atoms with Crippen LogP contribution in [0.1, 0.15) is 24.9 Å². The third kappa shape index (κ3) is 6.35. The van der Waals surface area contributed by atoms with Gasteiger partial charge in [0.15, 0.2) is 0 Å². The van der Waals surface area contributed by atoms with E-state index in [-0.39, 0.29) is 31.2 Å². The van der Waals surface area contributed by atoms with Crippen LogP contribution in [0.4, 0.5) is 8.78 Å². The molecule has 0 spiro atoms. The normalized spacial score (nSPS) is 11.6. The molecule has 0 aromatic heterocycles. The number of ether oxygens (including phenoxy) is 2. The van der Waals surface area contributed by atoms with Crippen molar-refractivity contribution in [2.24, 2.45) is 5.73 Å². The number of nitrogens with two attached hydrogens (primary N) is 1. The molecule has 0 unspecified atom stereocenters. The minimum atomic E-state index is -2.89. The van der Waals surface area contributed by atoms with Crippen molar-refractivity contribution in [1.82, 2.24) is 0 Å². The standard InChI is InChI=1S/C12H15F2NO3.ClH/c1-2-17-11(16)7-10(15)8-4-3-5-9(6-8)18-12(13)14;/h3-6,10,12H,2,7,15H2,1H3;1H/t10-;/m1./s1. The Hall–Kier alpha value is -1.40. The molecular weight excluding hydrogens is 280 g/mol. The molecule has 1 rings (SSSR count). The van der Waals surface area contributed by atoms with Crippen LogP contribution in [0.5, 0.6) is 5.75 Å². The predicted octanol–water partition coefficient (Wildman–Crippen LogP) is 2.66. The Morgan fingerprint density at radius 3 is 2.68 bits per heavy atom. The van der Waals surface area contributed by atoms with Crippen molar-refractivity contribution >= 4 is 18.4 Å². The lowest BCUT2D eigenvalue weighted by Crippen LogP contribution is -2.17. The second-order valence-corrected chi connectivity index (χ2v) is 3.57. The van der Waals surface area contributed by atoms with Crippen molar-refractivity contribution in [2.45, 2.75) is 26.0 Å². The van der Waals surface area contributed by atoms with Crippen molar-refractivity contribution in [3.8, 4) is 5.75 Å². The van der Waals surface area contributed by atoms with Crippen molar-refractivity contribution in [3.63, 3.8) is 0 Å². The highest BCUT2D eigenvalue weighted by atomic mass is 35.5. The molecule has 0 aliphatic rings. The third-order valence-corrected chi connectivity index (χ3v) is 2.20. The number of benzene rings is 1. The molecule has 0 bridgehead atoms. The van der Waals surface area contributed by atoms with Crippen molar-refractivity contribution in [1.29, 1.82) is 0 Å². The predicted molar refractivity (Wildman–Crippen MR) is 68.5 cm³/mol. The summed E-state index contributed by atoms with van der Waals surface area (Å²) in [6.07, 6.45) is -0.00796. The minimum absolute atomic E-state index is 0. The van der Waals surface area contributed by atoms with Crippen LogP contribution in [0.2, 0.25) is 0 Å². The van der Waals surface area contributed by atoms with Crippen LogP contribution < -0.4 is 10.5 Å². The Labute approximate surface area is 116 Å². The SMILES string of the molecule is CCOC(=O)C[C@@H](N)c1cccc(OC(F)F)c1.Cl. The van der Waals surface area contributed by atoms with Gasteiger partial charge in [-0.2, -0.15) is 8.78 Å². The maximum absolute atomic E-state index is 12.0. The maximum atomic E-state index is 12.0. The molecular formula is C12H16ClF2NO3. The molecule has 0 fully saturated rings. The summed E-state index contributed by atoms with van der Waals surface area (Å²) in [5.41, 5.74) is 6.32. The molecule has 0 heterocycles. The first-order chi connectivity index (χ1) is 8.52. The van der Waals surface area contributed by atoms with Crippen LogP contribution in [0.15, 0.2) is 24.3 Å². The topological polar surface area (TPSA) is 61.5 Å². The largest absolute Gasteiger partial charge is 0.466 e. The molecule has 0 aliphatic carbocycles. The number of esters is 1. The summed E-state index contributed by atoms with van der Waals surface area (Å²) >= 11 is 0. The molecule has 19 heavy (non-hydrogen) atoms. The van der Waals surface area contributed by atoms with Gasteiger partial charge in [-0.1, -0.05) is 12.1 Å². The molecule has 0 aliphatic heterocycles. The fourth-order valence-electron chi connectivity index (χ4n) is 1.44. The Bertz CT molecular complexity index is 404. The lowest BCUT2D eigenvalue weighted by Gasteiger charge is -2.12. The van der Waals surface area contributed by atoms with Gasteiger partial charge in [-0.3, -0.25) is 4.79 Å². The highest BCUT2D eigenvalue weighted by molar-refractivity contribution is 5.85. The lowest BCUT2D eigenvalue weighted by atomic mass is 10.0. The van der Waals surface area contributed by atoms with E-state index < -0.39 is 18.6 Å². The lowest BCUT2D eigenvalue weighted by molar-refractivity contribution is -0.143. The van der Waals surface area contributed by atoms with Crippen LogP contribution in [0.25, 0.3) is 0 Å². The van der Waals surface area contributed by atoms with Gasteiger partial charge >= 0.3 is 12.6 Å². The van der Waals surface area contributed by atoms with Gasteiger partial charge in [0.1, 0.15) is 5.75 Å². The molecule has 108 valence electrons. The maximum Gasteiger partial charge on any atom is 0.387 e. The van der Waals surface area contributed by atoms with E-state index in [1.54, 1.807) is 13.0 Å². The van der Waals surface area contributed by atoms with Crippen molar-refractivity contribution < 1.29 is 23.0 Å². The molecule has 0 radical (unpaired) electrons. The van der Waals surface area contributed by atoms with Crippen molar-refractivity contribution in [2.75, 3.05) is 6.61 Å². The zero-order chi connectivity index (χ0) is 13.5. The third-order valence-electron chi connectivity index (χ3n) is 2.20. The van der Waals surface area contributed by atoms with Crippen molar-refractivity contribution in [3.05, 3.63) is 29.8 Å². The summed E-state index contributed by atoms with van der Waals surface area (Å²) in [6, 6.07) is 5.36. The molecule has 0 saturated heterocycles.